The third-order valence-electron chi connectivity index (χ3n) is 5.83. The molecule has 1 unspecified atom stereocenters. The van der Waals surface area contributed by atoms with E-state index in [0.29, 0.717) is 16.4 Å². The molecule has 0 spiro atoms. The lowest BCUT2D eigenvalue weighted by Crippen LogP contribution is -2.58. The van der Waals surface area contributed by atoms with E-state index in [1.165, 1.54) is 16.9 Å². The zero-order valence-electron chi connectivity index (χ0n) is 19.5. The minimum Gasteiger partial charge on any atom is -0.469 e. The molecular weight excluding hydrogens is 424 g/mol. The fourth-order valence-corrected chi connectivity index (χ4v) is 3.92. The Hall–Kier alpha value is -3.59. The fourth-order valence-electron chi connectivity index (χ4n) is 3.92. The molecule has 9 nitrogen and oxygen atoms in total. The predicted octanol–water partition coefficient (Wildman–Crippen LogP) is 4.14. The molecule has 9 heteroatoms. The Morgan fingerprint density at radius 1 is 1.06 bits per heavy atom. The number of carbonyl (C=O) groups is 3. The molecule has 2 N–H and O–H groups in total. The lowest BCUT2D eigenvalue weighted by molar-refractivity contribution is -0.141. The molecule has 33 heavy (non-hydrogen) atoms. The minimum atomic E-state index is -1.06. The van der Waals surface area contributed by atoms with Crippen molar-refractivity contribution in [3.05, 3.63) is 59.7 Å². The van der Waals surface area contributed by atoms with Crippen molar-refractivity contribution in [2.45, 2.75) is 45.8 Å². The maximum absolute atomic E-state index is 13.5. The first-order valence-corrected chi connectivity index (χ1v) is 10.7. The number of esters is 1. The number of amides is 4. The quantitative estimate of drug-likeness (QED) is 0.388. The SMILES string of the molecule is COC(=O)CCN1C(=O)N(c2ccc(C)cc2)C(N(O)C(=O)Nc2ccc(C)cc2)C1(C)C. The van der Waals surface area contributed by atoms with Crippen molar-refractivity contribution >= 4 is 29.4 Å². The van der Waals surface area contributed by atoms with Crippen LogP contribution in [0.4, 0.5) is 21.0 Å². The zero-order valence-corrected chi connectivity index (χ0v) is 19.5. The molecule has 0 saturated carbocycles. The first-order valence-electron chi connectivity index (χ1n) is 10.7. The Kier molecular flexibility index (Phi) is 6.92. The van der Waals surface area contributed by atoms with Crippen molar-refractivity contribution in [2.75, 3.05) is 23.9 Å². The van der Waals surface area contributed by atoms with E-state index in [1.807, 2.05) is 38.1 Å². The topological polar surface area (TPSA) is 102 Å². The second-order valence-corrected chi connectivity index (χ2v) is 8.63. The van der Waals surface area contributed by atoms with Gasteiger partial charge in [0, 0.05) is 17.9 Å². The van der Waals surface area contributed by atoms with E-state index < -0.39 is 29.7 Å². The summed E-state index contributed by atoms with van der Waals surface area (Å²) in [6, 6.07) is 13.1. The van der Waals surface area contributed by atoms with Crippen molar-refractivity contribution in [1.82, 2.24) is 9.96 Å². The number of anilines is 2. The van der Waals surface area contributed by atoms with Crippen molar-refractivity contribution < 1.29 is 24.3 Å². The largest absolute Gasteiger partial charge is 0.469 e. The van der Waals surface area contributed by atoms with Crippen LogP contribution in [0.5, 0.6) is 0 Å². The Balaban J connectivity index is 1.95. The summed E-state index contributed by atoms with van der Waals surface area (Å²) in [6.07, 6.45) is -1.07. The van der Waals surface area contributed by atoms with Crippen LogP contribution < -0.4 is 10.2 Å². The molecule has 3 rings (SSSR count). The van der Waals surface area contributed by atoms with Gasteiger partial charge in [-0.2, -0.15) is 5.06 Å². The average molecular weight is 455 g/mol. The van der Waals surface area contributed by atoms with E-state index in [2.05, 4.69) is 5.32 Å². The van der Waals surface area contributed by atoms with Crippen LogP contribution in [0, 0.1) is 13.8 Å². The zero-order chi connectivity index (χ0) is 24.3. The molecule has 0 aliphatic carbocycles. The molecule has 1 fully saturated rings. The maximum atomic E-state index is 13.5. The van der Waals surface area contributed by atoms with Crippen LogP contribution in [0.25, 0.3) is 0 Å². The number of methoxy groups -OCH3 is 1. The van der Waals surface area contributed by atoms with Gasteiger partial charge >= 0.3 is 18.0 Å². The number of hydrogen-bond acceptors (Lipinski definition) is 5. The second-order valence-electron chi connectivity index (χ2n) is 8.63. The summed E-state index contributed by atoms with van der Waals surface area (Å²) in [5.74, 6) is -0.457. The Morgan fingerprint density at radius 3 is 2.15 bits per heavy atom. The number of hydrogen-bond donors (Lipinski definition) is 2. The van der Waals surface area contributed by atoms with E-state index in [9.17, 15) is 19.6 Å². The fraction of sp³-hybridized carbons (Fsp3) is 0.375. The number of ether oxygens (including phenoxy) is 1. The van der Waals surface area contributed by atoms with Crippen LogP contribution in [-0.4, -0.2) is 58.6 Å². The molecule has 0 bridgehead atoms. The molecule has 1 heterocycles. The third-order valence-corrected chi connectivity index (χ3v) is 5.83. The summed E-state index contributed by atoms with van der Waals surface area (Å²) in [7, 11) is 1.28. The van der Waals surface area contributed by atoms with Gasteiger partial charge in [0.25, 0.3) is 0 Å². The third kappa shape index (κ3) is 4.93. The molecule has 0 radical (unpaired) electrons. The molecular formula is C24H30N4O5. The van der Waals surface area contributed by atoms with Crippen LogP contribution in [0.15, 0.2) is 48.5 Å². The standard InChI is InChI=1S/C24H30N4O5/c1-16-6-10-18(11-7-16)25-22(30)28(32)21-24(3,4)26(15-14-20(29)33-5)23(31)27(21)19-12-8-17(2)9-13-19/h6-13,21,32H,14-15H2,1-5H3,(H,25,30). The Morgan fingerprint density at radius 2 is 1.61 bits per heavy atom. The molecule has 1 aliphatic rings. The van der Waals surface area contributed by atoms with Gasteiger partial charge in [-0.05, 0) is 52.0 Å². The van der Waals surface area contributed by atoms with E-state index in [0.717, 1.165) is 11.1 Å². The molecule has 2 aromatic rings. The summed E-state index contributed by atoms with van der Waals surface area (Å²) in [5.41, 5.74) is 2.03. The van der Waals surface area contributed by atoms with Crippen molar-refractivity contribution in [1.29, 1.82) is 0 Å². The summed E-state index contributed by atoms with van der Waals surface area (Å²) >= 11 is 0. The predicted molar refractivity (Wildman–Crippen MR) is 124 cm³/mol. The smallest absolute Gasteiger partial charge is 0.347 e. The maximum Gasteiger partial charge on any atom is 0.347 e. The molecule has 1 atom stereocenters. The summed E-state index contributed by atoms with van der Waals surface area (Å²) in [5, 5.41) is 14.2. The van der Waals surface area contributed by atoms with Gasteiger partial charge in [-0.1, -0.05) is 35.4 Å². The molecule has 0 aromatic heterocycles. The average Bonchev–Trinajstić information content (AvgIpc) is 2.98. The lowest BCUT2D eigenvalue weighted by Gasteiger charge is -2.38. The number of nitrogens with zero attached hydrogens (tertiary/aromatic N) is 3. The van der Waals surface area contributed by atoms with Gasteiger partial charge in [0.05, 0.1) is 19.1 Å². The number of carbonyl (C=O) groups excluding carboxylic acids is 3. The molecule has 4 amide bonds. The van der Waals surface area contributed by atoms with E-state index in [4.69, 9.17) is 4.74 Å². The van der Waals surface area contributed by atoms with Crippen LogP contribution in [-0.2, 0) is 9.53 Å². The minimum absolute atomic E-state index is 0.0128. The van der Waals surface area contributed by atoms with Crippen molar-refractivity contribution in [3.8, 4) is 0 Å². The van der Waals surface area contributed by atoms with Gasteiger partial charge in [-0.25, -0.2) is 9.59 Å². The number of aryl methyl sites for hydroxylation is 2. The highest BCUT2D eigenvalue weighted by atomic mass is 16.5. The number of rotatable bonds is 6. The summed E-state index contributed by atoms with van der Waals surface area (Å²) in [4.78, 5) is 41.0. The van der Waals surface area contributed by atoms with Gasteiger partial charge in [-0.3, -0.25) is 14.9 Å². The van der Waals surface area contributed by atoms with E-state index in [1.54, 1.807) is 38.1 Å². The van der Waals surface area contributed by atoms with Crippen molar-refractivity contribution in [2.24, 2.45) is 0 Å². The van der Waals surface area contributed by atoms with Gasteiger partial charge < -0.3 is 15.0 Å². The Bertz CT molecular complexity index is 1020. The van der Waals surface area contributed by atoms with E-state index in [-0.39, 0.29) is 13.0 Å². The van der Waals surface area contributed by atoms with Gasteiger partial charge in [0.2, 0.25) is 0 Å². The molecule has 2 aromatic carbocycles. The van der Waals surface area contributed by atoms with Crippen LogP contribution in [0.1, 0.15) is 31.4 Å². The summed E-state index contributed by atoms with van der Waals surface area (Å²) in [6.45, 7) is 7.41. The van der Waals surface area contributed by atoms with Gasteiger partial charge in [0.15, 0.2) is 6.17 Å². The summed E-state index contributed by atoms with van der Waals surface area (Å²) < 4.78 is 4.71. The first kappa shape index (κ1) is 24.1. The number of benzene rings is 2. The molecule has 1 aliphatic heterocycles. The van der Waals surface area contributed by atoms with Gasteiger partial charge in [0.1, 0.15) is 0 Å². The highest BCUT2D eigenvalue weighted by Gasteiger charge is 2.56. The normalized spacial score (nSPS) is 17.2. The van der Waals surface area contributed by atoms with Crippen LogP contribution in [0.3, 0.4) is 0 Å². The second kappa shape index (κ2) is 9.50. The lowest BCUT2D eigenvalue weighted by atomic mass is 9.99. The number of urea groups is 2. The Labute approximate surface area is 193 Å². The first-order chi connectivity index (χ1) is 15.6. The number of nitrogens with one attached hydrogen (secondary N) is 1. The number of hydroxylamine groups is 2. The van der Waals surface area contributed by atoms with Crippen LogP contribution >= 0.6 is 0 Å². The molecule has 176 valence electrons. The molecule has 1 saturated heterocycles. The highest BCUT2D eigenvalue weighted by molar-refractivity contribution is 5.98. The van der Waals surface area contributed by atoms with Crippen LogP contribution in [0.2, 0.25) is 0 Å². The highest BCUT2D eigenvalue weighted by Crippen LogP contribution is 2.38. The van der Waals surface area contributed by atoms with Crippen molar-refractivity contribution in [3.63, 3.8) is 0 Å². The monoisotopic (exact) mass is 454 g/mol. The van der Waals surface area contributed by atoms with Gasteiger partial charge in [-0.15, -0.1) is 0 Å². The van der Waals surface area contributed by atoms with E-state index >= 15 is 0 Å².